The monoisotopic (exact) mass is 334 g/mol. The topological polar surface area (TPSA) is 38.9 Å². The zero-order chi connectivity index (χ0) is 12.4. The first kappa shape index (κ1) is 12.9. The van der Waals surface area contributed by atoms with Crippen molar-refractivity contribution in [3.63, 3.8) is 0 Å². The summed E-state index contributed by atoms with van der Waals surface area (Å²) < 4.78 is 5.16. The lowest BCUT2D eigenvalue weighted by Crippen LogP contribution is -1.87. The molecule has 17 heavy (non-hydrogen) atoms. The van der Waals surface area contributed by atoms with Gasteiger partial charge in [0.25, 0.3) is 0 Å². The van der Waals surface area contributed by atoms with Gasteiger partial charge in [0.2, 0.25) is 11.7 Å². The Morgan fingerprint density at radius 1 is 1.29 bits per heavy atom. The van der Waals surface area contributed by atoms with Gasteiger partial charge in [0, 0.05) is 15.6 Å². The second-order valence-electron chi connectivity index (χ2n) is 3.49. The van der Waals surface area contributed by atoms with E-state index in [0.29, 0.717) is 21.8 Å². The Morgan fingerprint density at radius 3 is 2.53 bits per heavy atom. The van der Waals surface area contributed by atoms with Gasteiger partial charge in [-0.15, -0.1) is 0 Å². The van der Waals surface area contributed by atoms with Gasteiger partial charge >= 0.3 is 0 Å². The molecule has 0 saturated carbocycles. The standard InChI is InChI=1S/C11H9BrCl2N2O/c1-2-9(12)11-15-10(16-17-11)6-3-7(13)5-8(14)4-6/h3-5,9H,2H2,1H3. The van der Waals surface area contributed by atoms with E-state index in [1.54, 1.807) is 18.2 Å². The van der Waals surface area contributed by atoms with E-state index < -0.39 is 0 Å². The van der Waals surface area contributed by atoms with Crippen molar-refractivity contribution >= 4 is 39.1 Å². The van der Waals surface area contributed by atoms with Crippen molar-refractivity contribution in [3.8, 4) is 11.4 Å². The first-order valence-electron chi connectivity index (χ1n) is 5.04. The molecular weight excluding hydrogens is 327 g/mol. The highest BCUT2D eigenvalue weighted by molar-refractivity contribution is 9.09. The molecule has 0 radical (unpaired) electrons. The molecule has 1 aromatic carbocycles. The SMILES string of the molecule is CCC(Br)c1nc(-c2cc(Cl)cc(Cl)c2)no1. The smallest absolute Gasteiger partial charge is 0.240 e. The van der Waals surface area contributed by atoms with Gasteiger partial charge in [-0.05, 0) is 24.6 Å². The molecule has 1 unspecified atom stereocenters. The summed E-state index contributed by atoms with van der Waals surface area (Å²) in [5.41, 5.74) is 0.744. The second kappa shape index (κ2) is 5.38. The summed E-state index contributed by atoms with van der Waals surface area (Å²) in [5, 5.41) is 5.00. The highest BCUT2D eigenvalue weighted by atomic mass is 79.9. The fraction of sp³-hybridized carbons (Fsp3) is 0.273. The number of alkyl halides is 1. The van der Waals surface area contributed by atoms with Crippen LogP contribution >= 0.6 is 39.1 Å². The third-order valence-corrected chi connectivity index (χ3v) is 3.66. The highest BCUT2D eigenvalue weighted by Crippen LogP contribution is 2.29. The first-order valence-corrected chi connectivity index (χ1v) is 6.71. The largest absolute Gasteiger partial charge is 0.338 e. The number of nitrogens with zero attached hydrogens (tertiary/aromatic N) is 2. The molecule has 0 fully saturated rings. The molecule has 1 heterocycles. The minimum absolute atomic E-state index is 0.0680. The maximum atomic E-state index is 5.92. The van der Waals surface area contributed by atoms with E-state index in [4.69, 9.17) is 27.7 Å². The Bertz CT molecular complexity index is 510. The number of benzene rings is 1. The first-order chi connectivity index (χ1) is 8.10. The van der Waals surface area contributed by atoms with Crippen LogP contribution in [0.1, 0.15) is 24.1 Å². The van der Waals surface area contributed by atoms with Crippen molar-refractivity contribution in [2.24, 2.45) is 0 Å². The van der Waals surface area contributed by atoms with Crippen LogP contribution in [-0.4, -0.2) is 10.1 Å². The van der Waals surface area contributed by atoms with E-state index >= 15 is 0 Å². The van der Waals surface area contributed by atoms with Gasteiger partial charge in [-0.25, -0.2) is 0 Å². The Labute approximate surface area is 117 Å². The third-order valence-electron chi connectivity index (χ3n) is 2.19. The lowest BCUT2D eigenvalue weighted by Gasteiger charge is -1.98. The summed E-state index contributed by atoms with van der Waals surface area (Å²) >= 11 is 15.3. The van der Waals surface area contributed by atoms with Crippen molar-refractivity contribution in [3.05, 3.63) is 34.1 Å². The van der Waals surface area contributed by atoms with Gasteiger partial charge in [0.15, 0.2) is 0 Å². The molecule has 2 rings (SSSR count). The zero-order valence-electron chi connectivity index (χ0n) is 8.95. The lowest BCUT2D eigenvalue weighted by atomic mass is 10.2. The van der Waals surface area contributed by atoms with Crippen LogP contribution in [-0.2, 0) is 0 Å². The lowest BCUT2D eigenvalue weighted by molar-refractivity contribution is 0.377. The average Bonchev–Trinajstić information content (AvgIpc) is 2.76. The Kier molecular flexibility index (Phi) is 4.07. The van der Waals surface area contributed by atoms with Crippen molar-refractivity contribution in [2.75, 3.05) is 0 Å². The molecule has 0 amide bonds. The van der Waals surface area contributed by atoms with Crippen molar-refractivity contribution in [1.29, 1.82) is 0 Å². The summed E-state index contributed by atoms with van der Waals surface area (Å²) in [7, 11) is 0. The molecule has 0 spiro atoms. The summed E-state index contributed by atoms with van der Waals surface area (Å²) in [5.74, 6) is 1.04. The fourth-order valence-electron chi connectivity index (χ4n) is 1.34. The predicted octanol–water partition coefficient (Wildman–Crippen LogP) is 4.89. The maximum Gasteiger partial charge on any atom is 0.240 e. The van der Waals surface area contributed by atoms with E-state index in [9.17, 15) is 0 Å². The number of aromatic nitrogens is 2. The van der Waals surface area contributed by atoms with Gasteiger partial charge in [-0.2, -0.15) is 4.98 Å². The number of hydrogen-bond acceptors (Lipinski definition) is 3. The molecule has 0 aliphatic heterocycles. The van der Waals surface area contributed by atoms with Crippen LogP contribution in [0.3, 0.4) is 0 Å². The quantitative estimate of drug-likeness (QED) is 0.749. The summed E-state index contributed by atoms with van der Waals surface area (Å²) in [6, 6.07) is 5.15. The van der Waals surface area contributed by atoms with Crippen LogP contribution in [0.2, 0.25) is 10.0 Å². The predicted molar refractivity (Wildman–Crippen MR) is 71.7 cm³/mol. The Balaban J connectivity index is 2.36. The van der Waals surface area contributed by atoms with Gasteiger partial charge in [-0.1, -0.05) is 51.2 Å². The van der Waals surface area contributed by atoms with Crippen molar-refractivity contribution in [2.45, 2.75) is 18.2 Å². The van der Waals surface area contributed by atoms with E-state index in [0.717, 1.165) is 12.0 Å². The number of halogens is 3. The zero-order valence-corrected chi connectivity index (χ0v) is 12.1. The fourth-order valence-corrected chi connectivity index (χ4v) is 2.05. The molecule has 0 aliphatic carbocycles. The van der Waals surface area contributed by atoms with Gasteiger partial charge in [-0.3, -0.25) is 0 Å². The second-order valence-corrected chi connectivity index (χ2v) is 5.47. The Hall–Kier alpha value is -0.580. The average molecular weight is 336 g/mol. The van der Waals surface area contributed by atoms with Crippen LogP contribution in [0.25, 0.3) is 11.4 Å². The summed E-state index contributed by atoms with van der Waals surface area (Å²) in [6.45, 7) is 2.03. The molecule has 1 atom stereocenters. The van der Waals surface area contributed by atoms with Gasteiger partial charge in [0.1, 0.15) is 0 Å². The third kappa shape index (κ3) is 3.00. The minimum atomic E-state index is 0.0680. The van der Waals surface area contributed by atoms with Crippen LogP contribution < -0.4 is 0 Å². The van der Waals surface area contributed by atoms with E-state index in [1.165, 1.54) is 0 Å². The number of rotatable bonds is 3. The molecule has 6 heteroatoms. The van der Waals surface area contributed by atoms with Gasteiger partial charge < -0.3 is 4.52 Å². The summed E-state index contributed by atoms with van der Waals surface area (Å²) in [4.78, 5) is 4.36. The normalized spacial score (nSPS) is 12.7. The van der Waals surface area contributed by atoms with E-state index in [2.05, 4.69) is 26.1 Å². The van der Waals surface area contributed by atoms with E-state index in [-0.39, 0.29) is 4.83 Å². The molecule has 3 nitrogen and oxygen atoms in total. The maximum absolute atomic E-state index is 5.92. The molecule has 0 aliphatic rings. The minimum Gasteiger partial charge on any atom is -0.338 e. The molecule has 0 N–H and O–H groups in total. The molecule has 1 aromatic heterocycles. The summed E-state index contributed by atoms with van der Waals surface area (Å²) in [6.07, 6.45) is 0.873. The molecule has 0 saturated heterocycles. The number of hydrogen-bond donors (Lipinski definition) is 0. The highest BCUT2D eigenvalue weighted by Gasteiger charge is 2.15. The Morgan fingerprint density at radius 2 is 1.94 bits per heavy atom. The van der Waals surface area contributed by atoms with Crippen LogP contribution in [0, 0.1) is 0 Å². The molecule has 2 aromatic rings. The van der Waals surface area contributed by atoms with Crippen molar-refractivity contribution in [1.82, 2.24) is 10.1 Å². The molecule has 0 bridgehead atoms. The van der Waals surface area contributed by atoms with E-state index in [1.807, 2.05) is 6.92 Å². The molecular formula is C11H9BrCl2N2O. The van der Waals surface area contributed by atoms with Crippen LogP contribution in [0.5, 0.6) is 0 Å². The molecule has 90 valence electrons. The van der Waals surface area contributed by atoms with Crippen LogP contribution in [0.4, 0.5) is 0 Å². The van der Waals surface area contributed by atoms with Crippen LogP contribution in [0.15, 0.2) is 22.7 Å². The van der Waals surface area contributed by atoms with Gasteiger partial charge in [0.05, 0.1) is 4.83 Å². The van der Waals surface area contributed by atoms with Crippen molar-refractivity contribution < 1.29 is 4.52 Å².